The largest absolute Gasteiger partial charge is 0.416 e. The Hall–Kier alpha value is -1.27. The summed E-state index contributed by atoms with van der Waals surface area (Å²) in [5.74, 6) is -0.237. The Balaban J connectivity index is 2.07. The lowest BCUT2D eigenvalue weighted by atomic mass is 10.0. The van der Waals surface area contributed by atoms with E-state index in [-0.39, 0.29) is 29.0 Å². The third-order valence-electron chi connectivity index (χ3n) is 2.75. The molecule has 0 bridgehead atoms. The molecule has 2 rings (SSSR count). The summed E-state index contributed by atoms with van der Waals surface area (Å²) in [5, 5.41) is 2.47. The normalized spacial score (nSPS) is 16.0. The quantitative estimate of drug-likeness (QED) is 0.928. The fourth-order valence-electron chi connectivity index (χ4n) is 1.66. The molecule has 104 valence electrons. The lowest BCUT2D eigenvalue weighted by Gasteiger charge is -2.25. The van der Waals surface area contributed by atoms with E-state index in [9.17, 15) is 18.0 Å². The van der Waals surface area contributed by atoms with E-state index in [1.165, 1.54) is 0 Å². The standard InChI is InChI=1S/C12H11ClF3NO2/c13-9-2-1-8(12(14,15)16)4-10(9)17-11(18)3-7-5-19-6-7/h1-2,4,7H,3,5-6H2,(H,17,18). The second kappa shape index (κ2) is 5.38. The Bertz CT molecular complexity index is 486. The number of benzene rings is 1. The van der Waals surface area contributed by atoms with Crippen molar-refractivity contribution in [3.05, 3.63) is 28.8 Å². The highest BCUT2D eigenvalue weighted by Gasteiger charge is 2.31. The molecule has 0 aliphatic carbocycles. The van der Waals surface area contributed by atoms with Gasteiger partial charge in [0.1, 0.15) is 0 Å². The number of hydrogen-bond donors (Lipinski definition) is 1. The average molecular weight is 294 g/mol. The van der Waals surface area contributed by atoms with Gasteiger partial charge < -0.3 is 10.1 Å². The highest BCUT2D eigenvalue weighted by Crippen LogP contribution is 2.34. The monoisotopic (exact) mass is 293 g/mol. The van der Waals surface area contributed by atoms with E-state index in [0.29, 0.717) is 13.2 Å². The summed E-state index contributed by atoms with van der Waals surface area (Å²) in [6.07, 6.45) is -4.25. The molecule has 1 amide bonds. The molecule has 0 atom stereocenters. The molecular weight excluding hydrogens is 283 g/mol. The maximum Gasteiger partial charge on any atom is 0.416 e. The number of amides is 1. The molecule has 3 nitrogen and oxygen atoms in total. The molecule has 1 heterocycles. The van der Waals surface area contributed by atoms with Crippen LogP contribution in [0.25, 0.3) is 0 Å². The maximum absolute atomic E-state index is 12.5. The smallest absolute Gasteiger partial charge is 0.381 e. The Morgan fingerprint density at radius 1 is 1.42 bits per heavy atom. The van der Waals surface area contributed by atoms with Gasteiger partial charge in [-0.25, -0.2) is 0 Å². The second-order valence-corrected chi connectivity index (χ2v) is 4.76. The summed E-state index contributed by atoms with van der Waals surface area (Å²) >= 11 is 5.77. The summed E-state index contributed by atoms with van der Waals surface area (Å²) in [7, 11) is 0. The lowest BCUT2D eigenvalue weighted by molar-refractivity contribution is -0.137. The van der Waals surface area contributed by atoms with Crippen LogP contribution in [-0.2, 0) is 15.7 Å². The number of rotatable bonds is 3. The number of carbonyl (C=O) groups excluding carboxylic acids is 1. The zero-order chi connectivity index (χ0) is 14.0. The number of halogens is 4. The first-order chi connectivity index (χ1) is 8.86. The topological polar surface area (TPSA) is 38.3 Å². The average Bonchev–Trinajstić information content (AvgIpc) is 2.25. The third-order valence-corrected chi connectivity index (χ3v) is 3.08. The van der Waals surface area contributed by atoms with Crippen LogP contribution in [0.2, 0.25) is 5.02 Å². The summed E-state index contributed by atoms with van der Waals surface area (Å²) in [5.41, 5.74) is -0.874. The minimum Gasteiger partial charge on any atom is -0.381 e. The summed E-state index contributed by atoms with van der Waals surface area (Å²) in [4.78, 5) is 11.6. The predicted octanol–water partition coefficient (Wildman–Crippen LogP) is 3.33. The highest BCUT2D eigenvalue weighted by molar-refractivity contribution is 6.33. The van der Waals surface area contributed by atoms with Crippen LogP contribution in [0, 0.1) is 5.92 Å². The minimum absolute atomic E-state index is 0.0262. The van der Waals surface area contributed by atoms with Crippen molar-refractivity contribution < 1.29 is 22.7 Å². The highest BCUT2D eigenvalue weighted by atomic mass is 35.5. The van der Waals surface area contributed by atoms with Crippen LogP contribution in [0.3, 0.4) is 0 Å². The van der Waals surface area contributed by atoms with Gasteiger partial charge in [-0.05, 0) is 18.2 Å². The molecule has 1 aromatic rings. The lowest BCUT2D eigenvalue weighted by Crippen LogP contribution is -2.31. The number of alkyl halides is 3. The molecule has 1 N–H and O–H groups in total. The van der Waals surface area contributed by atoms with Gasteiger partial charge in [0.05, 0.1) is 29.5 Å². The maximum atomic E-state index is 12.5. The van der Waals surface area contributed by atoms with Crippen molar-refractivity contribution in [1.82, 2.24) is 0 Å². The van der Waals surface area contributed by atoms with Gasteiger partial charge in [0.2, 0.25) is 5.91 Å². The van der Waals surface area contributed by atoms with Gasteiger partial charge in [-0.1, -0.05) is 11.6 Å². The van der Waals surface area contributed by atoms with Gasteiger partial charge >= 0.3 is 6.18 Å². The van der Waals surface area contributed by atoms with E-state index in [4.69, 9.17) is 16.3 Å². The molecule has 1 aromatic carbocycles. The zero-order valence-electron chi connectivity index (χ0n) is 9.76. The van der Waals surface area contributed by atoms with Crippen molar-refractivity contribution in [3.63, 3.8) is 0 Å². The molecule has 1 fully saturated rings. The zero-order valence-corrected chi connectivity index (χ0v) is 10.5. The molecule has 1 aliphatic heterocycles. The Morgan fingerprint density at radius 3 is 2.63 bits per heavy atom. The molecule has 19 heavy (non-hydrogen) atoms. The van der Waals surface area contributed by atoms with Crippen LogP contribution >= 0.6 is 11.6 Å². The first kappa shape index (κ1) is 14.1. The molecular formula is C12H11ClF3NO2. The summed E-state index contributed by atoms with van der Waals surface area (Å²) in [6, 6.07) is 2.82. The van der Waals surface area contributed by atoms with Crippen LogP contribution < -0.4 is 5.32 Å². The summed E-state index contributed by atoms with van der Waals surface area (Å²) in [6.45, 7) is 1.01. The molecule has 0 spiro atoms. The predicted molar refractivity (Wildman–Crippen MR) is 64.0 cm³/mol. The first-order valence-electron chi connectivity index (χ1n) is 5.60. The van der Waals surface area contributed by atoms with E-state index in [1.807, 2.05) is 0 Å². The van der Waals surface area contributed by atoms with Crippen LogP contribution in [0.15, 0.2) is 18.2 Å². The SMILES string of the molecule is O=C(CC1COC1)Nc1cc(C(F)(F)F)ccc1Cl. The van der Waals surface area contributed by atoms with Crippen LogP contribution in [-0.4, -0.2) is 19.1 Å². The van der Waals surface area contributed by atoms with Crippen LogP contribution in [0.4, 0.5) is 18.9 Å². The number of hydrogen-bond acceptors (Lipinski definition) is 2. The van der Waals surface area contributed by atoms with Gasteiger partial charge in [-0.3, -0.25) is 4.79 Å². The van der Waals surface area contributed by atoms with Crippen molar-refractivity contribution in [2.45, 2.75) is 12.6 Å². The Kier molecular flexibility index (Phi) is 4.01. The van der Waals surface area contributed by atoms with E-state index < -0.39 is 11.7 Å². The molecule has 1 aliphatic rings. The van der Waals surface area contributed by atoms with Crippen molar-refractivity contribution in [1.29, 1.82) is 0 Å². The Morgan fingerprint density at radius 2 is 2.11 bits per heavy atom. The molecule has 1 saturated heterocycles. The molecule has 0 unspecified atom stereocenters. The first-order valence-corrected chi connectivity index (χ1v) is 5.98. The van der Waals surface area contributed by atoms with Crippen LogP contribution in [0.1, 0.15) is 12.0 Å². The number of anilines is 1. The third kappa shape index (κ3) is 3.61. The van der Waals surface area contributed by atoms with E-state index >= 15 is 0 Å². The second-order valence-electron chi connectivity index (χ2n) is 4.35. The molecule has 7 heteroatoms. The minimum atomic E-state index is -4.47. The van der Waals surface area contributed by atoms with Gasteiger partial charge in [0.25, 0.3) is 0 Å². The molecule has 0 saturated carbocycles. The van der Waals surface area contributed by atoms with Crippen molar-refractivity contribution in [3.8, 4) is 0 Å². The number of ether oxygens (including phenoxy) is 1. The van der Waals surface area contributed by atoms with E-state index in [1.54, 1.807) is 0 Å². The fourth-order valence-corrected chi connectivity index (χ4v) is 1.83. The molecule has 0 radical (unpaired) electrons. The van der Waals surface area contributed by atoms with Crippen LogP contribution in [0.5, 0.6) is 0 Å². The fraction of sp³-hybridized carbons (Fsp3) is 0.417. The summed E-state index contributed by atoms with van der Waals surface area (Å²) < 4.78 is 42.5. The molecule has 0 aromatic heterocycles. The van der Waals surface area contributed by atoms with Crippen molar-refractivity contribution in [2.75, 3.05) is 18.5 Å². The Labute approximate surface area is 112 Å². The van der Waals surface area contributed by atoms with Gasteiger partial charge in [-0.2, -0.15) is 13.2 Å². The van der Waals surface area contributed by atoms with Crippen molar-refractivity contribution in [2.24, 2.45) is 5.92 Å². The van der Waals surface area contributed by atoms with E-state index in [0.717, 1.165) is 18.2 Å². The van der Waals surface area contributed by atoms with Gasteiger partial charge in [0.15, 0.2) is 0 Å². The van der Waals surface area contributed by atoms with Crippen molar-refractivity contribution >= 4 is 23.2 Å². The van der Waals surface area contributed by atoms with Gasteiger partial charge in [0, 0.05) is 12.3 Å². The van der Waals surface area contributed by atoms with Gasteiger partial charge in [-0.15, -0.1) is 0 Å². The number of carbonyl (C=O) groups is 1. The van der Waals surface area contributed by atoms with E-state index in [2.05, 4.69) is 5.32 Å². The number of nitrogens with one attached hydrogen (secondary N) is 1.